The number of rotatable bonds is 6. The highest BCUT2D eigenvalue weighted by atomic mass is 16.3. The van der Waals surface area contributed by atoms with Gasteiger partial charge in [-0.05, 0) is 24.5 Å². The largest absolute Gasteiger partial charge is 0.464 e. The summed E-state index contributed by atoms with van der Waals surface area (Å²) in [5, 5.41) is 3.40. The van der Waals surface area contributed by atoms with E-state index in [-0.39, 0.29) is 0 Å². The molecule has 0 aliphatic heterocycles. The van der Waals surface area contributed by atoms with Crippen molar-refractivity contribution in [3.8, 4) is 0 Å². The number of furan rings is 1. The van der Waals surface area contributed by atoms with Gasteiger partial charge >= 0.3 is 0 Å². The Kier molecular flexibility index (Phi) is 3.42. The lowest BCUT2D eigenvalue weighted by Gasteiger charge is -2.03. The number of nitrogens with one attached hydrogen (secondary N) is 1. The molecule has 0 radical (unpaired) electrons. The average molecular weight is 259 g/mol. The number of hydrogen-bond acceptors (Lipinski definition) is 3. The zero-order valence-electron chi connectivity index (χ0n) is 11.6. The molecular weight excluding hydrogens is 238 g/mol. The van der Waals surface area contributed by atoms with E-state index in [1.165, 1.54) is 6.42 Å². The zero-order valence-corrected chi connectivity index (χ0v) is 11.6. The zero-order chi connectivity index (χ0) is 13.2. The second-order valence-corrected chi connectivity index (χ2v) is 5.50. The highest BCUT2D eigenvalue weighted by molar-refractivity contribution is 5.17. The number of imidazole rings is 1. The monoisotopic (exact) mass is 259 g/mol. The van der Waals surface area contributed by atoms with Crippen molar-refractivity contribution in [2.24, 2.45) is 13.0 Å². The maximum absolute atomic E-state index is 5.86. The van der Waals surface area contributed by atoms with Crippen LogP contribution in [-0.4, -0.2) is 16.1 Å². The first-order chi connectivity index (χ1) is 9.24. The highest BCUT2D eigenvalue weighted by Crippen LogP contribution is 2.47. The van der Waals surface area contributed by atoms with Crippen LogP contribution in [-0.2, 0) is 20.0 Å². The van der Waals surface area contributed by atoms with Gasteiger partial charge in [-0.3, -0.25) is 0 Å². The Balaban J connectivity index is 1.42. The van der Waals surface area contributed by atoms with Crippen molar-refractivity contribution < 1.29 is 4.42 Å². The molecule has 1 aliphatic rings. The molecule has 3 rings (SSSR count). The minimum absolute atomic E-state index is 0.668. The van der Waals surface area contributed by atoms with Crippen LogP contribution < -0.4 is 5.32 Å². The molecule has 19 heavy (non-hydrogen) atoms. The van der Waals surface area contributed by atoms with E-state index in [2.05, 4.69) is 33.9 Å². The quantitative estimate of drug-likeness (QED) is 0.810. The molecule has 1 saturated carbocycles. The van der Waals surface area contributed by atoms with Crippen LogP contribution in [0.3, 0.4) is 0 Å². The van der Waals surface area contributed by atoms with E-state index in [1.807, 2.05) is 19.4 Å². The summed E-state index contributed by atoms with van der Waals surface area (Å²) in [5.41, 5.74) is 0. The first-order valence-corrected chi connectivity index (χ1v) is 6.99. The molecule has 4 nitrogen and oxygen atoms in total. The lowest BCUT2D eigenvalue weighted by molar-refractivity contribution is 0.444. The number of aromatic nitrogens is 2. The van der Waals surface area contributed by atoms with Gasteiger partial charge in [-0.15, -0.1) is 0 Å². The van der Waals surface area contributed by atoms with E-state index >= 15 is 0 Å². The lowest BCUT2D eigenvalue weighted by Crippen LogP contribution is -2.17. The molecule has 4 heteroatoms. The molecule has 2 aromatic rings. The topological polar surface area (TPSA) is 43.0 Å². The highest BCUT2D eigenvalue weighted by Gasteiger charge is 2.36. The van der Waals surface area contributed by atoms with Crippen LogP contribution in [0.1, 0.15) is 36.6 Å². The summed E-state index contributed by atoms with van der Waals surface area (Å²) in [6, 6.07) is 4.22. The summed E-state index contributed by atoms with van der Waals surface area (Å²) in [6.07, 6.45) is 6.03. The van der Waals surface area contributed by atoms with Gasteiger partial charge in [0.1, 0.15) is 17.3 Å². The minimum atomic E-state index is 0.668. The van der Waals surface area contributed by atoms with Crippen molar-refractivity contribution in [3.63, 3.8) is 0 Å². The molecule has 1 aliphatic carbocycles. The number of nitrogens with zero attached hydrogens (tertiary/aromatic N) is 2. The molecule has 1 fully saturated rings. The van der Waals surface area contributed by atoms with E-state index < -0.39 is 0 Å². The third-order valence-corrected chi connectivity index (χ3v) is 3.90. The van der Waals surface area contributed by atoms with E-state index in [1.54, 1.807) is 0 Å². The summed E-state index contributed by atoms with van der Waals surface area (Å²) in [5.74, 6) is 4.78. The molecule has 0 spiro atoms. The molecule has 0 amide bonds. The van der Waals surface area contributed by atoms with Crippen LogP contribution in [0.15, 0.2) is 28.9 Å². The van der Waals surface area contributed by atoms with E-state index in [4.69, 9.17) is 4.42 Å². The van der Waals surface area contributed by atoms with E-state index in [0.29, 0.717) is 5.92 Å². The maximum atomic E-state index is 5.86. The van der Waals surface area contributed by atoms with Gasteiger partial charge in [-0.2, -0.15) is 0 Å². The summed E-state index contributed by atoms with van der Waals surface area (Å²) in [6.45, 7) is 3.99. The van der Waals surface area contributed by atoms with Crippen molar-refractivity contribution >= 4 is 0 Å². The summed E-state index contributed by atoms with van der Waals surface area (Å²) >= 11 is 0. The Hall–Kier alpha value is -1.55. The molecule has 2 atom stereocenters. The SMILES string of the molecule is CC1CC1c1ccc(CNCCc2nccn2C)o1. The normalized spacial score (nSPS) is 21.8. The predicted octanol–water partition coefficient (Wildman–Crippen LogP) is 2.47. The first kappa shape index (κ1) is 12.5. The van der Waals surface area contributed by atoms with Crippen LogP contribution in [0.2, 0.25) is 0 Å². The Morgan fingerprint density at radius 3 is 3.00 bits per heavy atom. The van der Waals surface area contributed by atoms with Gasteiger partial charge in [0.2, 0.25) is 0 Å². The molecule has 102 valence electrons. The molecule has 1 N–H and O–H groups in total. The van der Waals surface area contributed by atoms with Crippen molar-refractivity contribution in [3.05, 3.63) is 41.9 Å². The van der Waals surface area contributed by atoms with Crippen molar-refractivity contribution in [1.82, 2.24) is 14.9 Å². The molecular formula is C15H21N3O. The molecule has 2 aromatic heterocycles. The van der Waals surface area contributed by atoms with Crippen molar-refractivity contribution in [2.45, 2.75) is 32.2 Å². The Morgan fingerprint density at radius 1 is 1.47 bits per heavy atom. The number of aryl methyl sites for hydroxylation is 1. The Labute approximate surface area is 113 Å². The van der Waals surface area contributed by atoms with Gasteiger partial charge in [-0.1, -0.05) is 6.92 Å². The fourth-order valence-electron chi connectivity index (χ4n) is 2.46. The number of hydrogen-bond donors (Lipinski definition) is 1. The third kappa shape index (κ3) is 2.89. The Morgan fingerprint density at radius 2 is 2.32 bits per heavy atom. The van der Waals surface area contributed by atoms with Crippen molar-refractivity contribution in [2.75, 3.05) is 6.54 Å². The fraction of sp³-hybridized carbons (Fsp3) is 0.533. The average Bonchev–Trinajstić information content (AvgIpc) is 2.79. The van der Waals surface area contributed by atoms with Crippen LogP contribution in [0.25, 0.3) is 0 Å². The molecule has 2 unspecified atom stereocenters. The van der Waals surface area contributed by atoms with Gasteiger partial charge in [0.25, 0.3) is 0 Å². The van der Waals surface area contributed by atoms with E-state index in [9.17, 15) is 0 Å². The smallest absolute Gasteiger partial charge is 0.117 e. The van der Waals surface area contributed by atoms with Gasteiger partial charge in [0, 0.05) is 38.3 Å². The summed E-state index contributed by atoms with van der Waals surface area (Å²) in [7, 11) is 2.03. The van der Waals surface area contributed by atoms with Gasteiger partial charge in [0.15, 0.2) is 0 Å². The Bertz CT molecular complexity index is 543. The molecule has 0 aromatic carbocycles. The minimum Gasteiger partial charge on any atom is -0.464 e. The summed E-state index contributed by atoms with van der Waals surface area (Å²) in [4.78, 5) is 4.30. The van der Waals surface area contributed by atoms with Crippen molar-refractivity contribution in [1.29, 1.82) is 0 Å². The van der Waals surface area contributed by atoms with Crippen LogP contribution in [0.4, 0.5) is 0 Å². The second kappa shape index (κ2) is 5.21. The predicted molar refractivity (Wildman–Crippen MR) is 73.8 cm³/mol. The maximum Gasteiger partial charge on any atom is 0.117 e. The van der Waals surface area contributed by atoms with Crippen LogP contribution >= 0.6 is 0 Å². The fourth-order valence-corrected chi connectivity index (χ4v) is 2.46. The lowest BCUT2D eigenvalue weighted by atomic mass is 10.3. The van der Waals surface area contributed by atoms with E-state index in [0.717, 1.165) is 42.8 Å². The van der Waals surface area contributed by atoms with Crippen LogP contribution in [0.5, 0.6) is 0 Å². The molecule has 0 bridgehead atoms. The third-order valence-electron chi connectivity index (χ3n) is 3.90. The summed E-state index contributed by atoms with van der Waals surface area (Å²) < 4.78 is 7.91. The van der Waals surface area contributed by atoms with Crippen LogP contribution in [0, 0.1) is 5.92 Å². The second-order valence-electron chi connectivity index (χ2n) is 5.50. The molecule has 2 heterocycles. The standard InChI is InChI=1S/C15H21N3O/c1-11-9-13(11)14-4-3-12(19-14)10-16-6-5-15-17-7-8-18(15)2/h3-4,7-8,11,13,16H,5-6,9-10H2,1-2H3. The van der Waals surface area contributed by atoms with Gasteiger partial charge < -0.3 is 14.3 Å². The first-order valence-electron chi connectivity index (χ1n) is 6.99. The van der Waals surface area contributed by atoms with Gasteiger partial charge in [-0.25, -0.2) is 4.98 Å². The van der Waals surface area contributed by atoms with Gasteiger partial charge in [0.05, 0.1) is 6.54 Å². The molecule has 0 saturated heterocycles.